The molecule has 3 N–H and O–H groups in total. The fraction of sp³-hybridized carbons (Fsp3) is 0.214. The second kappa shape index (κ2) is 10.3. The van der Waals surface area contributed by atoms with Gasteiger partial charge in [0.15, 0.2) is 0 Å². The third-order valence-electron chi connectivity index (χ3n) is 6.53. The van der Waals surface area contributed by atoms with Crippen LogP contribution in [-0.2, 0) is 16.1 Å². The van der Waals surface area contributed by atoms with Crippen molar-refractivity contribution >= 4 is 34.4 Å². The molecule has 10 nitrogen and oxygen atoms in total. The molecule has 1 atom stereocenters. The number of hydrogen-bond donors (Lipinski definition) is 2. The van der Waals surface area contributed by atoms with Crippen molar-refractivity contribution in [2.24, 2.45) is 5.73 Å². The van der Waals surface area contributed by atoms with Crippen molar-refractivity contribution in [3.05, 3.63) is 84.2 Å². The number of hydrogen-bond acceptors (Lipinski definition) is 6. The van der Waals surface area contributed by atoms with Gasteiger partial charge in [0, 0.05) is 47.3 Å². The summed E-state index contributed by atoms with van der Waals surface area (Å²) in [6, 6.07) is 10.3. The number of amides is 3. The normalized spacial score (nSPS) is 15.0. The summed E-state index contributed by atoms with van der Waals surface area (Å²) >= 11 is 0. The van der Waals surface area contributed by atoms with Gasteiger partial charge in [-0.2, -0.15) is 0 Å². The smallest absolute Gasteiger partial charge is 0.250 e. The van der Waals surface area contributed by atoms with Crippen LogP contribution in [0.3, 0.4) is 0 Å². The van der Waals surface area contributed by atoms with Gasteiger partial charge in [0.25, 0.3) is 5.91 Å². The largest absolute Gasteiger partial charge is 0.366 e. The van der Waals surface area contributed by atoms with Crippen molar-refractivity contribution < 1.29 is 14.4 Å². The molecule has 0 saturated heterocycles. The van der Waals surface area contributed by atoms with Crippen molar-refractivity contribution in [3.63, 3.8) is 0 Å². The highest BCUT2D eigenvalue weighted by Crippen LogP contribution is 2.28. The van der Waals surface area contributed by atoms with Crippen LogP contribution >= 0.6 is 0 Å². The summed E-state index contributed by atoms with van der Waals surface area (Å²) in [7, 11) is 0. The second-order valence-corrected chi connectivity index (χ2v) is 9.21. The molecule has 0 saturated carbocycles. The van der Waals surface area contributed by atoms with E-state index in [1.807, 2.05) is 49.4 Å². The minimum Gasteiger partial charge on any atom is -0.366 e. The fourth-order valence-electron chi connectivity index (χ4n) is 4.60. The molecule has 0 unspecified atom stereocenters. The number of primary amides is 1. The average Bonchev–Trinajstić information content (AvgIpc) is 3.27. The Bertz CT molecular complexity index is 1570. The van der Waals surface area contributed by atoms with E-state index in [1.165, 1.54) is 0 Å². The molecule has 192 valence electrons. The molecule has 3 amide bonds. The van der Waals surface area contributed by atoms with Crippen molar-refractivity contribution in [2.45, 2.75) is 32.9 Å². The first-order chi connectivity index (χ1) is 18.3. The zero-order valence-electron chi connectivity index (χ0n) is 21.1. The maximum absolute atomic E-state index is 13.5. The summed E-state index contributed by atoms with van der Waals surface area (Å²) in [5.41, 5.74) is 9.07. The predicted octanol–water partition coefficient (Wildman–Crippen LogP) is 3.00. The Hall–Kier alpha value is -4.86. The van der Waals surface area contributed by atoms with E-state index in [-0.39, 0.29) is 18.4 Å². The van der Waals surface area contributed by atoms with Gasteiger partial charge in [-0.25, -0.2) is 15.0 Å². The Labute approximate surface area is 219 Å². The van der Waals surface area contributed by atoms with Crippen LogP contribution in [-0.4, -0.2) is 54.7 Å². The quantitative estimate of drug-likeness (QED) is 0.384. The predicted molar refractivity (Wildman–Crippen MR) is 143 cm³/mol. The number of anilines is 1. The SMILES string of the molecule is Cc1cccc(NC(=O)[C@@H]2CC=CCN2C(=O)Cn2cc(C(N)=O)c3cc(-c4cnc(C)nc4)ccc32)n1. The molecule has 0 spiro atoms. The van der Waals surface area contributed by atoms with Gasteiger partial charge in [-0.1, -0.05) is 24.3 Å². The van der Waals surface area contributed by atoms with E-state index < -0.39 is 11.9 Å². The number of pyridine rings is 1. The van der Waals surface area contributed by atoms with Crippen LogP contribution in [0.15, 0.2) is 67.1 Å². The highest BCUT2D eigenvalue weighted by molar-refractivity contribution is 6.07. The van der Waals surface area contributed by atoms with E-state index in [4.69, 9.17) is 5.73 Å². The van der Waals surface area contributed by atoms with E-state index in [1.54, 1.807) is 41.0 Å². The van der Waals surface area contributed by atoms with Gasteiger partial charge in [0.2, 0.25) is 11.8 Å². The van der Waals surface area contributed by atoms with Gasteiger partial charge in [-0.05, 0) is 50.1 Å². The van der Waals surface area contributed by atoms with Crippen molar-refractivity contribution in [1.29, 1.82) is 0 Å². The highest BCUT2D eigenvalue weighted by Gasteiger charge is 2.31. The Morgan fingerprint density at radius 2 is 1.84 bits per heavy atom. The fourth-order valence-corrected chi connectivity index (χ4v) is 4.60. The topological polar surface area (TPSA) is 136 Å². The molecule has 38 heavy (non-hydrogen) atoms. The third kappa shape index (κ3) is 5.01. The molecule has 4 aromatic rings. The molecule has 3 aromatic heterocycles. The number of carbonyl (C=O) groups excluding carboxylic acids is 3. The van der Waals surface area contributed by atoms with Gasteiger partial charge < -0.3 is 20.5 Å². The maximum Gasteiger partial charge on any atom is 0.250 e. The van der Waals surface area contributed by atoms with E-state index in [0.29, 0.717) is 41.1 Å². The Balaban J connectivity index is 1.41. The van der Waals surface area contributed by atoms with Crippen molar-refractivity contribution in [2.75, 3.05) is 11.9 Å². The molecule has 1 aromatic carbocycles. The van der Waals surface area contributed by atoms with Gasteiger partial charge in [0.1, 0.15) is 24.2 Å². The first-order valence-corrected chi connectivity index (χ1v) is 12.2. The van der Waals surface area contributed by atoms with Crippen LogP contribution in [0.2, 0.25) is 0 Å². The molecule has 0 fully saturated rings. The standard InChI is InChI=1S/C28H27N7O3/c1-17-6-5-8-25(32-17)33-28(38)24-7-3-4-11-35(24)26(36)16-34-15-22(27(29)37)21-12-19(9-10-23(21)34)20-13-30-18(2)31-14-20/h3-6,8-10,12-15,24H,7,11,16H2,1-2H3,(H2,29,37)(H,32,33,38)/t24-/m0/s1. The van der Waals surface area contributed by atoms with Crippen LogP contribution in [0.5, 0.6) is 0 Å². The number of benzene rings is 1. The van der Waals surface area contributed by atoms with E-state index in [9.17, 15) is 14.4 Å². The maximum atomic E-state index is 13.5. The van der Waals surface area contributed by atoms with Crippen LogP contribution < -0.4 is 11.1 Å². The van der Waals surface area contributed by atoms with E-state index in [2.05, 4.69) is 20.3 Å². The van der Waals surface area contributed by atoms with E-state index >= 15 is 0 Å². The minimum atomic E-state index is -0.680. The van der Waals surface area contributed by atoms with E-state index in [0.717, 1.165) is 16.8 Å². The lowest BCUT2D eigenvalue weighted by Gasteiger charge is -2.32. The summed E-state index contributed by atoms with van der Waals surface area (Å²) in [4.78, 5) is 53.2. The molecule has 10 heteroatoms. The molecular weight excluding hydrogens is 482 g/mol. The summed E-state index contributed by atoms with van der Waals surface area (Å²) in [5.74, 6) is -0.0554. The Morgan fingerprint density at radius 1 is 1.05 bits per heavy atom. The Morgan fingerprint density at radius 3 is 2.58 bits per heavy atom. The van der Waals surface area contributed by atoms with Gasteiger partial charge in [-0.3, -0.25) is 14.4 Å². The number of aromatic nitrogens is 4. The number of nitrogens with zero attached hydrogens (tertiary/aromatic N) is 5. The van der Waals surface area contributed by atoms with Crippen LogP contribution in [0.4, 0.5) is 5.82 Å². The molecule has 0 aliphatic carbocycles. The van der Waals surface area contributed by atoms with Crippen molar-refractivity contribution in [3.8, 4) is 11.1 Å². The number of rotatable bonds is 6. The number of fused-ring (bicyclic) bond motifs is 1. The number of carbonyl (C=O) groups is 3. The first-order valence-electron chi connectivity index (χ1n) is 12.2. The molecular formula is C28H27N7O3. The summed E-state index contributed by atoms with van der Waals surface area (Å²) in [6.45, 7) is 3.89. The molecule has 1 aliphatic heterocycles. The molecule has 0 radical (unpaired) electrons. The van der Waals surface area contributed by atoms with Gasteiger partial charge >= 0.3 is 0 Å². The summed E-state index contributed by atoms with van der Waals surface area (Å²) < 4.78 is 1.70. The third-order valence-corrected chi connectivity index (χ3v) is 6.53. The monoisotopic (exact) mass is 509 g/mol. The first kappa shape index (κ1) is 24.8. The Kier molecular flexibility index (Phi) is 6.69. The number of aryl methyl sites for hydroxylation is 2. The zero-order chi connectivity index (χ0) is 26.8. The van der Waals surface area contributed by atoms with Crippen molar-refractivity contribution in [1.82, 2.24) is 24.4 Å². The van der Waals surface area contributed by atoms with Gasteiger partial charge in [-0.15, -0.1) is 0 Å². The lowest BCUT2D eigenvalue weighted by atomic mass is 10.0. The summed E-state index contributed by atoms with van der Waals surface area (Å²) in [5, 5.41) is 3.45. The highest BCUT2D eigenvalue weighted by atomic mass is 16.2. The minimum absolute atomic E-state index is 0.0584. The molecule has 0 bridgehead atoms. The lowest BCUT2D eigenvalue weighted by molar-refractivity contribution is -0.138. The molecule has 4 heterocycles. The van der Waals surface area contributed by atoms with Crippen LogP contribution in [0.25, 0.3) is 22.0 Å². The average molecular weight is 510 g/mol. The molecule has 5 rings (SSSR count). The van der Waals surface area contributed by atoms with Gasteiger partial charge in [0.05, 0.1) is 5.56 Å². The second-order valence-electron chi connectivity index (χ2n) is 9.21. The number of nitrogens with one attached hydrogen (secondary N) is 1. The number of nitrogens with two attached hydrogens (primary N) is 1. The summed E-state index contributed by atoms with van der Waals surface area (Å²) in [6.07, 6.45) is 9.18. The van der Waals surface area contributed by atoms with Crippen LogP contribution in [0.1, 0.15) is 28.3 Å². The molecule has 1 aliphatic rings. The lowest BCUT2D eigenvalue weighted by Crippen LogP contribution is -2.49. The van der Waals surface area contributed by atoms with Crippen LogP contribution in [0, 0.1) is 13.8 Å². The zero-order valence-corrected chi connectivity index (χ0v) is 21.1.